The minimum atomic E-state index is 0.421. The van der Waals surface area contributed by atoms with E-state index in [1.54, 1.807) is 0 Å². The van der Waals surface area contributed by atoms with Crippen LogP contribution in [-0.2, 0) is 0 Å². The first-order valence-corrected chi connectivity index (χ1v) is 8.42. The third kappa shape index (κ3) is 6.32. The second-order valence-electron chi connectivity index (χ2n) is 9.12. The van der Waals surface area contributed by atoms with Crippen molar-refractivity contribution in [3.63, 3.8) is 0 Å². The van der Waals surface area contributed by atoms with Gasteiger partial charge in [0.05, 0.1) is 0 Å². The first-order chi connectivity index (χ1) is 8.42. The van der Waals surface area contributed by atoms with Crippen molar-refractivity contribution in [1.29, 1.82) is 0 Å². The third-order valence-electron chi connectivity index (χ3n) is 4.81. The van der Waals surface area contributed by atoms with Crippen molar-refractivity contribution in [1.82, 2.24) is 0 Å². The lowest BCUT2D eigenvalue weighted by atomic mass is 9.59. The van der Waals surface area contributed by atoms with Gasteiger partial charge in [-0.05, 0) is 40.9 Å². The fourth-order valence-corrected chi connectivity index (χ4v) is 4.78. The van der Waals surface area contributed by atoms with Crippen LogP contribution in [0, 0.1) is 34.5 Å². The molecule has 116 valence electrons. The number of hydrogen-bond acceptors (Lipinski definition) is 0. The van der Waals surface area contributed by atoms with Gasteiger partial charge in [0.2, 0.25) is 0 Å². The molecule has 0 aliphatic rings. The number of hydrogen-bond donors (Lipinski definition) is 0. The van der Waals surface area contributed by atoms with E-state index in [1.807, 2.05) is 0 Å². The quantitative estimate of drug-likeness (QED) is 0.476. The lowest BCUT2D eigenvalue weighted by Gasteiger charge is -2.46. The molecular formula is C19H40. The molecule has 0 bridgehead atoms. The Morgan fingerprint density at radius 1 is 0.842 bits per heavy atom. The topological polar surface area (TPSA) is 0 Å². The molecule has 0 saturated carbocycles. The second kappa shape index (κ2) is 7.14. The zero-order valence-electron chi connectivity index (χ0n) is 15.4. The van der Waals surface area contributed by atoms with E-state index >= 15 is 0 Å². The molecule has 0 nitrogen and oxygen atoms in total. The van der Waals surface area contributed by atoms with E-state index in [0.717, 1.165) is 23.7 Å². The number of rotatable bonds is 7. The summed E-state index contributed by atoms with van der Waals surface area (Å²) in [6.07, 6.45) is 4.00. The minimum Gasteiger partial charge on any atom is -0.0654 e. The lowest BCUT2D eigenvalue weighted by molar-refractivity contribution is 0.0328. The van der Waals surface area contributed by atoms with Crippen LogP contribution in [0.5, 0.6) is 0 Å². The molecule has 0 aliphatic heterocycles. The van der Waals surface area contributed by atoms with Crippen molar-refractivity contribution >= 4 is 0 Å². The normalized spacial score (nSPS) is 18.5. The van der Waals surface area contributed by atoms with E-state index < -0.39 is 0 Å². The molecule has 0 aromatic heterocycles. The molecular weight excluding hydrogens is 228 g/mol. The summed E-state index contributed by atoms with van der Waals surface area (Å²) in [5.74, 6) is 3.24. The first kappa shape index (κ1) is 19.0. The summed E-state index contributed by atoms with van der Waals surface area (Å²) in [4.78, 5) is 0. The summed E-state index contributed by atoms with van der Waals surface area (Å²) in [7, 11) is 0. The van der Waals surface area contributed by atoms with E-state index in [2.05, 4.69) is 69.2 Å². The van der Waals surface area contributed by atoms with E-state index in [4.69, 9.17) is 0 Å². The van der Waals surface area contributed by atoms with Crippen molar-refractivity contribution < 1.29 is 0 Å². The summed E-state index contributed by atoms with van der Waals surface area (Å²) < 4.78 is 0. The molecule has 0 N–H and O–H groups in total. The van der Waals surface area contributed by atoms with Crippen LogP contribution in [-0.4, -0.2) is 0 Å². The van der Waals surface area contributed by atoms with Gasteiger partial charge in [-0.25, -0.2) is 0 Å². The summed E-state index contributed by atoms with van der Waals surface area (Å²) in [5.41, 5.74) is 0.845. The van der Waals surface area contributed by atoms with E-state index in [-0.39, 0.29) is 0 Å². The largest absolute Gasteiger partial charge is 0.0654 e. The fraction of sp³-hybridized carbons (Fsp3) is 1.00. The molecule has 19 heavy (non-hydrogen) atoms. The van der Waals surface area contributed by atoms with Gasteiger partial charge in [-0.1, -0.05) is 82.1 Å². The van der Waals surface area contributed by atoms with Crippen LogP contribution in [0.2, 0.25) is 0 Å². The third-order valence-corrected chi connectivity index (χ3v) is 4.81. The summed E-state index contributed by atoms with van der Waals surface area (Å²) >= 11 is 0. The van der Waals surface area contributed by atoms with Crippen LogP contribution in [0.1, 0.15) is 88.5 Å². The fourth-order valence-electron chi connectivity index (χ4n) is 4.78. The van der Waals surface area contributed by atoms with Crippen LogP contribution < -0.4 is 0 Å². The standard InChI is InChI=1S/C19H40/c1-11-12-15(4)16(5)17(14(2)3)19(9,10)13-18(6,7)8/h14-17H,11-13H2,1-10H3. The van der Waals surface area contributed by atoms with Gasteiger partial charge in [0.15, 0.2) is 0 Å². The average molecular weight is 269 g/mol. The van der Waals surface area contributed by atoms with Gasteiger partial charge in [0.25, 0.3) is 0 Å². The Morgan fingerprint density at radius 3 is 1.63 bits per heavy atom. The summed E-state index contributed by atoms with van der Waals surface area (Å²) in [6, 6.07) is 0. The molecule has 0 aromatic carbocycles. The average Bonchev–Trinajstić information content (AvgIpc) is 2.12. The molecule has 0 heterocycles. The molecule has 0 saturated heterocycles. The Bertz CT molecular complexity index is 241. The van der Waals surface area contributed by atoms with Gasteiger partial charge in [-0.3, -0.25) is 0 Å². The van der Waals surface area contributed by atoms with Crippen LogP contribution in [0.3, 0.4) is 0 Å². The Labute approximate surface area is 123 Å². The Morgan fingerprint density at radius 2 is 1.32 bits per heavy atom. The lowest BCUT2D eigenvalue weighted by Crippen LogP contribution is -2.38. The van der Waals surface area contributed by atoms with Gasteiger partial charge in [0, 0.05) is 0 Å². The highest BCUT2D eigenvalue weighted by molar-refractivity contribution is 4.88. The maximum absolute atomic E-state index is 2.50. The van der Waals surface area contributed by atoms with Crippen LogP contribution >= 0.6 is 0 Å². The highest BCUT2D eigenvalue weighted by Gasteiger charge is 2.39. The van der Waals surface area contributed by atoms with Gasteiger partial charge in [0.1, 0.15) is 0 Å². The molecule has 0 aliphatic carbocycles. The Balaban J connectivity index is 5.09. The van der Waals surface area contributed by atoms with Gasteiger partial charge >= 0.3 is 0 Å². The van der Waals surface area contributed by atoms with E-state index in [1.165, 1.54) is 19.3 Å². The predicted molar refractivity (Wildman–Crippen MR) is 89.4 cm³/mol. The molecule has 0 rings (SSSR count). The summed E-state index contributed by atoms with van der Waals surface area (Å²) in [5, 5.41) is 0. The zero-order chi connectivity index (χ0) is 15.4. The monoisotopic (exact) mass is 268 g/mol. The smallest absolute Gasteiger partial charge is 0.0311 e. The molecule has 0 spiro atoms. The van der Waals surface area contributed by atoms with Crippen LogP contribution in [0.15, 0.2) is 0 Å². The molecule has 3 atom stereocenters. The van der Waals surface area contributed by atoms with Crippen molar-refractivity contribution in [3.8, 4) is 0 Å². The van der Waals surface area contributed by atoms with Crippen LogP contribution in [0.4, 0.5) is 0 Å². The molecule has 0 radical (unpaired) electrons. The maximum atomic E-state index is 2.50. The van der Waals surface area contributed by atoms with E-state index in [0.29, 0.717) is 10.8 Å². The Hall–Kier alpha value is 0. The Kier molecular flexibility index (Phi) is 7.14. The van der Waals surface area contributed by atoms with Crippen molar-refractivity contribution in [2.45, 2.75) is 88.5 Å². The zero-order valence-corrected chi connectivity index (χ0v) is 15.4. The molecule has 3 unspecified atom stereocenters. The van der Waals surface area contributed by atoms with Crippen molar-refractivity contribution in [2.75, 3.05) is 0 Å². The van der Waals surface area contributed by atoms with E-state index in [9.17, 15) is 0 Å². The SMILES string of the molecule is CCCC(C)C(C)C(C(C)C)C(C)(C)CC(C)(C)C. The second-order valence-corrected chi connectivity index (χ2v) is 9.12. The highest BCUT2D eigenvalue weighted by atomic mass is 14.4. The van der Waals surface area contributed by atoms with Crippen LogP contribution in [0.25, 0.3) is 0 Å². The first-order valence-electron chi connectivity index (χ1n) is 8.42. The van der Waals surface area contributed by atoms with Gasteiger partial charge in [-0.15, -0.1) is 0 Å². The predicted octanol–water partition coefficient (Wildman–Crippen LogP) is 6.79. The summed E-state index contributed by atoms with van der Waals surface area (Å²) in [6.45, 7) is 24.2. The van der Waals surface area contributed by atoms with Gasteiger partial charge < -0.3 is 0 Å². The van der Waals surface area contributed by atoms with Crippen molar-refractivity contribution in [2.24, 2.45) is 34.5 Å². The highest BCUT2D eigenvalue weighted by Crippen LogP contribution is 2.47. The molecule has 0 amide bonds. The molecule has 0 aromatic rings. The van der Waals surface area contributed by atoms with Gasteiger partial charge in [-0.2, -0.15) is 0 Å². The molecule has 0 fully saturated rings. The van der Waals surface area contributed by atoms with Crippen molar-refractivity contribution in [3.05, 3.63) is 0 Å². The minimum absolute atomic E-state index is 0.421. The maximum Gasteiger partial charge on any atom is -0.0311 e. The molecule has 0 heteroatoms.